The van der Waals surface area contributed by atoms with Gasteiger partial charge in [0.15, 0.2) is 5.11 Å². The minimum atomic E-state index is -0.801. The number of aliphatic carboxylic acids is 1. The zero-order valence-electron chi connectivity index (χ0n) is 7.65. The van der Waals surface area contributed by atoms with Gasteiger partial charge >= 0.3 is 5.97 Å². The Morgan fingerprint density at radius 2 is 2.38 bits per heavy atom. The Morgan fingerprint density at radius 3 is 2.77 bits per heavy atom. The summed E-state index contributed by atoms with van der Waals surface area (Å²) in [5, 5.41) is 11.0. The fourth-order valence-electron chi connectivity index (χ4n) is 1.19. The van der Waals surface area contributed by atoms with Gasteiger partial charge in [-0.1, -0.05) is 0 Å². The first-order valence-electron chi connectivity index (χ1n) is 4.04. The molecule has 1 unspecified atom stereocenters. The Balaban J connectivity index is 2.49. The molecule has 0 aromatic carbocycles. The largest absolute Gasteiger partial charge is 0.481 e. The molecule has 5 nitrogen and oxygen atoms in total. The molecular weight excluding hydrogens is 190 g/mol. The minimum Gasteiger partial charge on any atom is -0.481 e. The van der Waals surface area contributed by atoms with Crippen LogP contribution in [0.5, 0.6) is 0 Å². The van der Waals surface area contributed by atoms with Gasteiger partial charge in [-0.3, -0.25) is 10.2 Å². The van der Waals surface area contributed by atoms with Crippen molar-refractivity contribution in [1.82, 2.24) is 15.3 Å². The van der Waals surface area contributed by atoms with Gasteiger partial charge in [0.2, 0.25) is 0 Å². The molecule has 1 atom stereocenters. The third kappa shape index (κ3) is 2.28. The van der Waals surface area contributed by atoms with Gasteiger partial charge in [0, 0.05) is 13.6 Å². The van der Waals surface area contributed by atoms with Crippen LogP contribution in [-0.4, -0.2) is 45.9 Å². The fourth-order valence-corrected chi connectivity index (χ4v) is 1.58. The zero-order valence-corrected chi connectivity index (χ0v) is 8.47. The van der Waals surface area contributed by atoms with Crippen LogP contribution in [0.3, 0.4) is 0 Å². The molecule has 0 saturated carbocycles. The number of thiocarbonyl (C=S) groups is 1. The molecule has 0 aromatic rings. The number of rotatable bonds is 3. The number of carboxylic acids is 1. The quantitative estimate of drug-likeness (QED) is 0.622. The third-order valence-electron chi connectivity index (χ3n) is 2.11. The second-order valence-corrected chi connectivity index (χ2v) is 3.38. The van der Waals surface area contributed by atoms with Crippen molar-refractivity contribution in [3.8, 4) is 0 Å². The molecule has 1 fully saturated rings. The highest BCUT2D eigenvalue weighted by atomic mass is 32.1. The number of nitrogens with zero attached hydrogens (tertiary/aromatic N) is 2. The normalized spacial score (nSPS) is 23.4. The number of carbonyl (C=O) groups is 1. The first kappa shape index (κ1) is 10.2. The molecule has 0 aromatic heterocycles. The second kappa shape index (κ2) is 3.89. The molecule has 1 aliphatic heterocycles. The lowest BCUT2D eigenvalue weighted by atomic mass is 10.4. The number of hydrogen-bond donors (Lipinski definition) is 2. The Bertz CT molecular complexity index is 234. The van der Waals surface area contributed by atoms with E-state index in [0.717, 1.165) is 0 Å². The maximum absolute atomic E-state index is 10.3. The van der Waals surface area contributed by atoms with E-state index in [1.165, 1.54) is 0 Å². The lowest BCUT2D eigenvalue weighted by Crippen LogP contribution is -2.36. The molecule has 2 N–H and O–H groups in total. The van der Waals surface area contributed by atoms with E-state index >= 15 is 0 Å². The topological polar surface area (TPSA) is 55.8 Å². The van der Waals surface area contributed by atoms with Crippen molar-refractivity contribution in [1.29, 1.82) is 0 Å². The van der Waals surface area contributed by atoms with Crippen molar-refractivity contribution in [3.05, 3.63) is 0 Å². The Hall–Kier alpha value is -0.880. The summed E-state index contributed by atoms with van der Waals surface area (Å²) in [4.78, 5) is 12.2. The Morgan fingerprint density at radius 1 is 1.77 bits per heavy atom. The zero-order chi connectivity index (χ0) is 10.0. The maximum Gasteiger partial charge on any atom is 0.305 e. The van der Waals surface area contributed by atoms with E-state index in [0.29, 0.717) is 11.7 Å². The van der Waals surface area contributed by atoms with Crippen LogP contribution in [0, 0.1) is 0 Å². The highest BCUT2D eigenvalue weighted by Crippen LogP contribution is 2.10. The van der Waals surface area contributed by atoms with Gasteiger partial charge in [0.25, 0.3) is 0 Å². The van der Waals surface area contributed by atoms with Crippen LogP contribution in [0.4, 0.5) is 0 Å². The summed E-state index contributed by atoms with van der Waals surface area (Å²) in [5.41, 5.74) is 2.94. The van der Waals surface area contributed by atoms with E-state index < -0.39 is 5.97 Å². The van der Waals surface area contributed by atoms with Crippen molar-refractivity contribution < 1.29 is 9.90 Å². The molecule has 0 radical (unpaired) electrons. The van der Waals surface area contributed by atoms with E-state index in [4.69, 9.17) is 17.3 Å². The van der Waals surface area contributed by atoms with Crippen molar-refractivity contribution in [2.75, 3.05) is 13.6 Å². The van der Waals surface area contributed by atoms with Gasteiger partial charge in [-0.15, -0.1) is 0 Å². The first-order chi connectivity index (χ1) is 6.02. The summed E-state index contributed by atoms with van der Waals surface area (Å²) in [6.45, 7) is 2.42. The summed E-state index contributed by atoms with van der Waals surface area (Å²) in [7, 11) is 1.87. The highest BCUT2D eigenvalue weighted by Gasteiger charge is 2.28. The second-order valence-electron chi connectivity index (χ2n) is 3.00. The van der Waals surface area contributed by atoms with E-state index in [1.807, 2.05) is 23.9 Å². The first-order valence-corrected chi connectivity index (χ1v) is 4.45. The Kier molecular flexibility index (Phi) is 3.05. The smallest absolute Gasteiger partial charge is 0.305 e. The van der Waals surface area contributed by atoms with Crippen molar-refractivity contribution >= 4 is 23.3 Å². The van der Waals surface area contributed by atoms with Crippen molar-refractivity contribution in [2.45, 2.75) is 19.5 Å². The molecule has 6 heteroatoms. The van der Waals surface area contributed by atoms with Crippen LogP contribution >= 0.6 is 12.2 Å². The molecule has 1 aliphatic rings. The number of carboxylic acid groups (broad SMARTS) is 1. The van der Waals surface area contributed by atoms with Gasteiger partial charge in [-0.25, -0.2) is 5.01 Å². The van der Waals surface area contributed by atoms with Crippen LogP contribution in [0.1, 0.15) is 13.3 Å². The minimum absolute atomic E-state index is 0.111. The van der Waals surface area contributed by atoms with E-state index in [-0.39, 0.29) is 12.6 Å². The van der Waals surface area contributed by atoms with E-state index in [2.05, 4.69) is 5.43 Å². The number of hydrazine groups is 1. The average Bonchev–Trinajstić information content (AvgIpc) is 2.24. The van der Waals surface area contributed by atoms with Gasteiger partial charge in [0.05, 0.1) is 12.6 Å². The number of hydrogen-bond acceptors (Lipinski definition) is 3. The molecule has 13 heavy (non-hydrogen) atoms. The van der Waals surface area contributed by atoms with Crippen LogP contribution in [0.15, 0.2) is 0 Å². The van der Waals surface area contributed by atoms with Crippen molar-refractivity contribution in [3.63, 3.8) is 0 Å². The highest BCUT2D eigenvalue weighted by molar-refractivity contribution is 7.80. The summed E-state index contributed by atoms with van der Waals surface area (Å²) < 4.78 is 0. The summed E-state index contributed by atoms with van der Waals surface area (Å²) in [6, 6.07) is 0. The summed E-state index contributed by atoms with van der Waals surface area (Å²) in [5.74, 6) is -0.801. The third-order valence-corrected chi connectivity index (χ3v) is 2.44. The number of nitrogens with one attached hydrogen (secondary N) is 1. The molecule has 1 rings (SSSR count). The predicted octanol–water partition coefficient (Wildman–Crippen LogP) is -0.156. The molecule has 0 amide bonds. The fraction of sp³-hybridized carbons (Fsp3) is 0.714. The van der Waals surface area contributed by atoms with Crippen LogP contribution in [0.25, 0.3) is 0 Å². The summed E-state index contributed by atoms with van der Waals surface area (Å²) >= 11 is 5.03. The predicted molar refractivity (Wildman–Crippen MR) is 51.9 cm³/mol. The van der Waals surface area contributed by atoms with Gasteiger partial charge in [0.1, 0.15) is 0 Å². The van der Waals surface area contributed by atoms with Crippen LogP contribution in [-0.2, 0) is 4.79 Å². The molecule has 1 heterocycles. The molecular formula is C7H13N3O2S. The lowest BCUT2D eigenvalue weighted by Gasteiger charge is -2.22. The lowest BCUT2D eigenvalue weighted by molar-refractivity contribution is -0.137. The van der Waals surface area contributed by atoms with Crippen LogP contribution < -0.4 is 5.43 Å². The van der Waals surface area contributed by atoms with E-state index in [1.54, 1.807) is 0 Å². The maximum atomic E-state index is 10.3. The monoisotopic (exact) mass is 203 g/mol. The molecule has 1 saturated heterocycles. The molecule has 0 spiro atoms. The molecule has 0 aliphatic carbocycles. The summed E-state index contributed by atoms with van der Waals surface area (Å²) in [6.07, 6.45) is 0.229. The standard InChI is InChI=1S/C7H13N3O2S/c1-5-9(2)8-7(13)10(5)4-3-6(11)12/h5H,3-4H2,1-2H3,(H,8,13)(H,11,12). The van der Waals surface area contributed by atoms with E-state index in [9.17, 15) is 4.79 Å². The van der Waals surface area contributed by atoms with Crippen LogP contribution in [0.2, 0.25) is 0 Å². The van der Waals surface area contributed by atoms with Gasteiger partial charge < -0.3 is 10.0 Å². The Labute approximate surface area is 82.3 Å². The SMILES string of the molecule is CC1N(C)NC(=S)N1CCC(=O)O. The van der Waals surface area contributed by atoms with Gasteiger partial charge in [-0.05, 0) is 19.1 Å². The molecule has 0 bridgehead atoms. The van der Waals surface area contributed by atoms with Crippen molar-refractivity contribution in [2.24, 2.45) is 0 Å². The van der Waals surface area contributed by atoms with Gasteiger partial charge in [-0.2, -0.15) is 0 Å². The molecule has 74 valence electrons. The average molecular weight is 203 g/mol.